The lowest BCUT2D eigenvalue weighted by molar-refractivity contribution is -0.113. The number of fused-ring (bicyclic) bond motifs is 1. The van der Waals surface area contributed by atoms with Crippen LogP contribution in [0, 0.1) is 0 Å². The van der Waals surface area contributed by atoms with Crippen LogP contribution >= 0.6 is 0 Å². The Morgan fingerprint density at radius 2 is 2.17 bits per heavy atom. The van der Waals surface area contributed by atoms with E-state index in [1.165, 1.54) is 6.08 Å². The minimum Gasteiger partial charge on any atom is -0.396 e. The van der Waals surface area contributed by atoms with Crippen molar-refractivity contribution in [2.45, 2.75) is 13.0 Å². The molecule has 0 unspecified atom stereocenters. The fraction of sp³-hybridized carbons (Fsp3) is 0.214. The second kappa shape index (κ2) is 5.51. The van der Waals surface area contributed by atoms with E-state index in [4.69, 9.17) is 10.8 Å². The highest BCUT2D eigenvalue weighted by molar-refractivity contribution is 5.95. The van der Waals surface area contributed by atoms with Gasteiger partial charge in [0.05, 0.1) is 0 Å². The number of amides is 1. The highest BCUT2D eigenvalue weighted by Crippen LogP contribution is 2.22. The molecule has 2 rings (SSSR count). The van der Waals surface area contributed by atoms with Gasteiger partial charge < -0.3 is 15.4 Å². The first-order valence-corrected chi connectivity index (χ1v) is 5.88. The lowest BCUT2D eigenvalue weighted by Gasteiger charge is -2.02. The third kappa shape index (κ3) is 2.60. The molecule has 1 heterocycles. The molecule has 0 aliphatic heterocycles. The van der Waals surface area contributed by atoms with Gasteiger partial charge in [0.1, 0.15) is 0 Å². The van der Waals surface area contributed by atoms with Gasteiger partial charge in [-0.15, -0.1) is 0 Å². The number of hydrogen-bond donors (Lipinski definition) is 2. The van der Waals surface area contributed by atoms with Crippen LogP contribution in [0.5, 0.6) is 0 Å². The SMILES string of the molecule is NC(=O)/C=C\c1cn(CCCO)c2ccccc12. The van der Waals surface area contributed by atoms with Gasteiger partial charge in [0, 0.05) is 41.9 Å². The number of aryl methyl sites for hydroxylation is 1. The van der Waals surface area contributed by atoms with Crippen LogP contribution in [0.4, 0.5) is 0 Å². The van der Waals surface area contributed by atoms with Crippen LogP contribution in [0.1, 0.15) is 12.0 Å². The fourth-order valence-electron chi connectivity index (χ4n) is 2.01. The summed E-state index contributed by atoms with van der Waals surface area (Å²) in [6.45, 7) is 0.917. The van der Waals surface area contributed by atoms with Crippen LogP contribution in [-0.2, 0) is 11.3 Å². The van der Waals surface area contributed by atoms with Crippen LogP contribution in [0.25, 0.3) is 17.0 Å². The van der Waals surface area contributed by atoms with Gasteiger partial charge in [-0.25, -0.2) is 0 Å². The maximum Gasteiger partial charge on any atom is 0.241 e. The molecule has 0 spiro atoms. The molecule has 18 heavy (non-hydrogen) atoms. The number of rotatable bonds is 5. The summed E-state index contributed by atoms with van der Waals surface area (Å²) in [5, 5.41) is 9.97. The van der Waals surface area contributed by atoms with E-state index in [0.29, 0.717) is 6.42 Å². The summed E-state index contributed by atoms with van der Waals surface area (Å²) in [7, 11) is 0. The Bertz CT molecular complexity index is 584. The van der Waals surface area contributed by atoms with E-state index >= 15 is 0 Å². The summed E-state index contributed by atoms with van der Waals surface area (Å²) in [6.07, 6.45) is 5.76. The summed E-state index contributed by atoms with van der Waals surface area (Å²) in [4.78, 5) is 10.8. The predicted octanol–water partition coefficient (Wildman–Crippen LogP) is 1.52. The van der Waals surface area contributed by atoms with Crippen molar-refractivity contribution in [2.75, 3.05) is 6.61 Å². The van der Waals surface area contributed by atoms with Gasteiger partial charge in [0.25, 0.3) is 0 Å². The van der Waals surface area contributed by atoms with Gasteiger partial charge in [0.15, 0.2) is 0 Å². The fourth-order valence-corrected chi connectivity index (χ4v) is 2.01. The second-order valence-corrected chi connectivity index (χ2v) is 4.11. The van der Waals surface area contributed by atoms with Gasteiger partial charge >= 0.3 is 0 Å². The van der Waals surface area contributed by atoms with Crippen LogP contribution in [0.3, 0.4) is 0 Å². The molecule has 1 amide bonds. The summed E-state index contributed by atoms with van der Waals surface area (Å²) < 4.78 is 2.08. The molecule has 0 fully saturated rings. The average Bonchev–Trinajstić information content (AvgIpc) is 2.72. The van der Waals surface area contributed by atoms with Gasteiger partial charge in [-0.3, -0.25) is 4.79 Å². The molecule has 1 aromatic heterocycles. The smallest absolute Gasteiger partial charge is 0.241 e. The molecule has 0 aliphatic carbocycles. The number of para-hydroxylation sites is 1. The molecule has 0 aliphatic rings. The second-order valence-electron chi connectivity index (χ2n) is 4.11. The first-order chi connectivity index (χ1) is 8.72. The molecule has 0 saturated carbocycles. The molecule has 3 N–H and O–H groups in total. The lowest BCUT2D eigenvalue weighted by Crippen LogP contribution is -2.05. The molecule has 0 radical (unpaired) electrons. The van der Waals surface area contributed by atoms with E-state index in [2.05, 4.69) is 4.57 Å². The van der Waals surface area contributed by atoms with Crippen LogP contribution in [0.2, 0.25) is 0 Å². The van der Waals surface area contributed by atoms with Crippen molar-refractivity contribution in [3.8, 4) is 0 Å². The third-order valence-electron chi connectivity index (χ3n) is 2.80. The molecule has 1 aromatic carbocycles. The molecular formula is C14H16N2O2. The Labute approximate surface area is 105 Å². The number of carbonyl (C=O) groups is 1. The third-order valence-corrected chi connectivity index (χ3v) is 2.80. The zero-order valence-electron chi connectivity index (χ0n) is 10.0. The number of nitrogens with two attached hydrogens (primary N) is 1. The average molecular weight is 244 g/mol. The van der Waals surface area contributed by atoms with Crippen molar-refractivity contribution >= 4 is 22.9 Å². The number of hydrogen-bond acceptors (Lipinski definition) is 2. The predicted molar refractivity (Wildman–Crippen MR) is 71.9 cm³/mol. The van der Waals surface area contributed by atoms with Gasteiger partial charge in [-0.2, -0.15) is 0 Å². The summed E-state index contributed by atoms with van der Waals surface area (Å²) >= 11 is 0. The Balaban J connectivity index is 2.43. The number of aliphatic hydroxyl groups excluding tert-OH is 1. The maximum atomic E-state index is 10.8. The van der Waals surface area contributed by atoms with E-state index in [0.717, 1.165) is 23.0 Å². The van der Waals surface area contributed by atoms with Crippen molar-refractivity contribution in [3.05, 3.63) is 42.1 Å². The minimum absolute atomic E-state index is 0.166. The van der Waals surface area contributed by atoms with Crippen molar-refractivity contribution in [1.82, 2.24) is 4.57 Å². The topological polar surface area (TPSA) is 68.2 Å². The molecule has 4 heteroatoms. The highest BCUT2D eigenvalue weighted by atomic mass is 16.3. The monoisotopic (exact) mass is 244 g/mol. The largest absolute Gasteiger partial charge is 0.396 e. The summed E-state index contributed by atoms with van der Waals surface area (Å²) in [6, 6.07) is 7.96. The summed E-state index contributed by atoms with van der Waals surface area (Å²) in [5.41, 5.74) is 7.16. The summed E-state index contributed by atoms with van der Waals surface area (Å²) in [5.74, 6) is -0.456. The van der Waals surface area contributed by atoms with Crippen LogP contribution in [-0.4, -0.2) is 22.2 Å². The van der Waals surface area contributed by atoms with E-state index in [9.17, 15) is 4.79 Å². The van der Waals surface area contributed by atoms with E-state index in [-0.39, 0.29) is 6.61 Å². The quantitative estimate of drug-likeness (QED) is 0.783. The zero-order valence-corrected chi connectivity index (χ0v) is 10.0. The number of benzene rings is 1. The number of carbonyl (C=O) groups excluding carboxylic acids is 1. The Morgan fingerprint density at radius 1 is 1.39 bits per heavy atom. The Morgan fingerprint density at radius 3 is 2.89 bits per heavy atom. The number of aliphatic hydroxyl groups is 1. The number of aromatic nitrogens is 1. The molecule has 4 nitrogen and oxygen atoms in total. The zero-order chi connectivity index (χ0) is 13.0. The van der Waals surface area contributed by atoms with Crippen molar-refractivity contribution in [3.63, 3.8) is 0 Å². The van der Waals surface area contributed by atoms with Crippen LogP contribution in [0.15, 0.2) is 36.5 Å². The normalized spacial score (nSPS) is 11.4. The maximum absolute atomic E-state index is 10.8. The number of primary amides is 1. The van der Waals surface area contributed by atoms with Gasteiger partial charge in [-0.1, -0.05) is 18.2 Å². The van der Waals surface area contributed by atoms with E-state index in [1.807, 2.05) is 30.5 Å². The molecule has 0 atom stereocenters. The highest BCUT2D eigenvalue weighted by Gasteiger charge is 2.05. The van der Waals surface area contributed by atoms with Crippen molar-refractivity contribution in [1.29, 1.82) is 0 Å². The molecule has 0 saturated heterocycles. The van der Waals surface area contributed by atoms with Crippen molar-refractivity contribution in [2.24, 2.45) is 5.73 Å². The standard InChI is InChI=1S/C14H16N2O2/c15-14(18)7-6-11-10-16(8-3-9-17)13-5-2-1-4-12(11)13/h1-2,4-7,10,17H,3,8-9H2,(H2,15,18)/b7-6-. The Hall–Kier alpha value is -2.07. The Kier molecular flexibility index (Phi) is 3.79. The van der Waals surface area contributed by atoms with E-state index < -0.39 is 5.91 Å². The minimum atomic E-state index is -0.456. The number of nitrogens with zero attached hydrogens (tertiary/aromatic N) is 1. The molecule has 2 aromatic rings. The van der Waals surface area contributed by atoms with Crippen LogP contribution < -0.4 is 5.73 Å². The first-order valence-electron chi connectivity index (χ1n) is 5.88. The molecule has 0 bridgehead atoms. The lowest BCUT2D eigenvalue weighted by atomic mass is 10.1. The van der Waals surface area contributed by atoms with Gasteiger partial charge in [0.2, 0.25) is 5.91 Å². The first kappa shape index (κ1) is 12.4. The molecular weight excluding hydrogens is 228 g/mol. The van der Waals surface area contributed by atoms with Gasteiger partial charge in [-0.05, 0) is 18.6 Å². The van der Waals surface area contributed by atoms with E-state index in [1.54, 1.807) is 6.08 Å². The van der Waals surface area contributed by atoms with Crippen molar-refractivity contribution < 1.29 is 9.90 Å². The molecule has 94 valence electrons.